The molecular weight excluding hydrogens is 464 g/mol. The topological polar surface area (TPSA) is 68.2 Å². The van der Waals surface area contributed by atoms with Gasteiger partial charge in [-0.3, -0.25) is 9.36 Å². The van der Waals surface area contributed by atoms with Crippen LogP contribution in [0.25, 0.3) is 10.2 Å². The summed E-state index contributed by atoms with van der Waals surface area (Å²) in [5.74, 6) is 0. The van der Waals surface area contributed by atoms with Crippen LogP contribution in [0.5, 0.6) is 0 Å². The fourth-order valence-electron chi connectivity index (χ4n) is 3.50. The van der Waals surface area contributed by atoms with Crippen molar-refractivity contribution in [3.05, 3.63) is 98.1 Å². The molecule has 5 nitrogen and oxygen atoms in total. The predicted octanol–water partition coefficient (Wildman–Crippen LogP) is 4.98. The average molecular weight is 487 g/mol. The Labute approximate surface area is 196 Å². The maximum Gasteiger partial charge on any atom is 0.308 e. The molecule has 166 valence electrons. The van der Waals surface area contributed by atoms with E-state index in [1.165, 1.54) is 11.1 Å². The maximum absolute atomic E-state index is 12.8. The van der Waals surface area contributed by atoms with Crippen molar-refractivity contribution >= 4 is 43.2 Å². The van der Waals surface area contributed by atoms with Crippen molar-refractivity contribution in [2.24, 2.45) is 0 Å². The van der Waals surface area contributed by atoms with E-state index in [0.717, 1.165) is 23.3 Å². The summed E-state index contributed by atoms with van der Waals surface area (Å²) in [4.78, 5) is 12.6. The predicted molar refractivity (Wildman–Crippen MR) is 131 cm³/mol. The standard InChI is InChI=1S/C24H23ClN2O3S2/c1-17-8-10-18(11-9-17)5-4-14-26-32(29,30)20-12-13-22-23(15-20)31-24(28)27(22)16-19-6-2-3-7-21(19)25/h2-3,6-13,15,26H,4-5,14,16H2,1H3. The van der Waals surface area contributed by atoms with Crippen LogP contribution < -0.4 is 9.60 Å². The number of benzene rings is 3. The van der Waals surface area contributed by atoms with Gasteiger partial charge in [0.1, 0.15) is 0 Å². The number of nitrogens with one attached hydrogen (secondary N) is 1. The number of sulfonamides is 1. The average Bonchev–Trinajstić information content (AvgIpc) is 3.08. The van der Waals surface area contributed by atoms with Crippen molar-refractivity contribution in [3.8, 4) is 0 Å². The first-order valence-corrected chi connectivity index (χ1v) is 12.9. The lowest BCUT2D eigenvalue weighted by molar-refractivity contribution is 0.579. The zero-order valence-corrected chi connectivity index (χ0v) is 19.9. The number of thiazole rings is 1. The molecule has 0 saturated heterocycles. The molecule has 0 aliphatic heterocycles. The lowest BCUT2D eigenvalue weighted by atomic mass is 10.1. The van der Waals surface area contributed by atoms with E-state index >= 15 is 0 Å². The van der Waals surface area contributed by atoms with Gasteiger partial charge in [0, 0.05) is 11.6 Å². The second-order valence-corrected chi connectivity index (χ2v) is 10.8. The van der Waals surface area contributed by atoms with E-state index in [1.54, 1.807) is 28.8 Å². The molecule has 3 aromatic carbocycles. The maximum atomic E-state index is 12.8. The summed E-state index contributed by atoms with van der Waals surface area (Å²) in [5, 5.41) is 0.591. The van der Waals surface area contributed by atoms with Crippen molar-refractivity contribution in [1.82, 2.24) is 9.29 Å². The van der Waals surface area contributed by atoms with Crippen LogP contribution in [0.2, 0.25) is 5.02 Å². The first-order valence-electron chi connectivity index (χ1n) is 10.3. The third-order valence-corrected chi connectivity index (χ3v) is 8.06. The number of aromatic nitrogens is 1. The minimum atomic E-state index is -3.66. The van der Waals surface area contributed by atoms with E-state index in [9.17, 15) is 13.2 Å². The molecule has 4 rings (SSSR count). The van der Waals surface area contributed by atoms with Crippen molar-refractivity contribution < 1.29 is 8.42 Å². The van der Waals surface area contributed by atoms with E-state index in [-0.39, 0.29) is 9.77 Å². The molecule has 1 aromatic heterocycles. The fourth-order valence-corrected chi connectivity index (χ4v) is 5.80. The van der Waals surface area contributed by atoms with Crippen LogP contribution in [0.4, 0.5) is 0 Å². The summed E-state index contributed by atoms with van der Waals surface area (Å²) >= 11 is 7.27. The van der Waals surface area contributed by atoms with Crippen LogP contribution in [0.15, 0.2) is 76.4 Å². The molecule has 0 amide bonds. The van der Waals surface area contributed by atoms with E-state index in [2.05, 4.69) is 29.0 Å². The molecule has 0 unspecified atom stereocenters. The quantitative estimate of drug-likeness (QED) is 0.357. The Morgan fingerprint density at radius 2 is 1.78 bits per heavy atom. The Kier molecular flexibility index (Phi) is 6.81. The van der Waals surface area contributed by atoms with Crippen molar-refractivity contribution in [3.63, 3.8) is 0 Å². The van der Waals surface area contributed by atoms with Crippen LogP contribution in [0.3, 0.4) is 0 Å². The van der Waals surface area contributed by atoms with Gasteiger partial charge in [-0.25, -0.2) is 13.1 Å². The lowest BCUT2D eigenvalue weighted by Crippen LogP contribution is -2.25. The van der Waals surface area contributed by atoms with Crippen LogP contribution in [-0.4, -0.2) is 19.5 Å². The van der Waals surface area contributed by atoms with Crippen molar-refractivity contribution in [1.29, 1.82) is 0 Å². The number of rotatable bonds is 8. The van der Waals surface area contributed by atoms with Gasteiger partial charge in [-0.1, -0.05) is 71.0 Å². The smallest absolute Gasteiger partial charge is 0.294 e. The normalized spacial score (nSPS) is 11.8. The zero-order valence-electron chi connectivity index (χ0n) is 17.5. The molecule has 0 atom stereocenters. The molecule has 0 spiro atoms. The van der Waals surface area contributed by atoms with Gasteiger partial charge in [-0.2, -0.15) is 0 Å². The highest BCUT2D eigenvalue weighted by Crippen LogP contribution is 2.24. The van der Waals surface area contributed by atoms with Crippen LogP contribution >= 0.6 is 22.9 Å². The molecule has 32 heavy (non-hydrogen) atoms. The number of fused-ring (bicyclic) bond motifs is 1. The van der Waals surface area contributed by atoms with Gasteiger partial charge in [0.15, 0.2) is 0 Å². The Balaban J connectivity index is 1.47. The molecule has 0 aliphatic rings. The van der Waals surface area contributed by atoms with Crippen molar-refractivity contribution in [2.45, 2.75) is 31.2 Å². The minimum Gasteiger partial charge on any atom is -0.294 e. The molecular formula is C24H23ClN2O3S2. The molecule has 0 fully saturated rings. The van der Waals surface area contributed by atoms with Crippen LogP contribution in [-0.2, 0) is 23.0 Å². The summed E-state index contributed by atoms with van der Waals surface area (Å²) in [7, 11) is -3.66. The summed E-state index contributed by atoms with van der Waals surface area (Å²) < 4.78 is 30.4. The van der Waals surface area contributed by atoms with Crippen molar-refractivity contribution in [2.75, 3.05) is 6.54 Å². The Morgan fingerprint density at radius 1 is 1.03 bits per heavy atom. The molecule has 0 radical (unpaired) electrons. The monoisotopic (exact) mass is 486 g/mol. The molecule has 0 bridgehead atoms. The van der Waals surface area contributed by atoms with E-state index in [4.69, 9.17) is 11.6 Å². The first-order chi connectivity index (χ1) is 15.3. The van der Waals surface area contributed by atoms with Gasteiger partial charge in [0.05, 0.1) is 21.7 Å². The second-order valence-electron chi connectivity index (χ2n) is 7.66. The van der Waals surface area contributed by atoms with E-state index < -0.39 is 10.0 Å². The third kappa shape index (κ3) is 5.13. The number of hydrogen-bond donors (Lipinski definition) is 1. The SMILES string of the molecule is Cc1ccc(CCCNS(=O)(=O)c2ccc3c(c2)sc(=O)n3Cc2ccccc2Cl)cc1. The third-order valence-electron chi connectivity index (χ3n) is 5.29. The molecule has 8 heteroatoms. The lowest BCUT2D eigenvalue weighted by Gasteiger charge is -2.09. The Bertz CT molecular complexity index is 1410. The summed E-state index contributed by atoms with van der Waals surface area (Å²) in [6.45, 7) is 2.72. The number of halogens is 1. The molecule has 4 aromatic rings. The van der Waals surface area contributed by atoms with Crippen LogP contribution in [0, 0.1) is 6.92 Å². The summed E-state index contributed by atoms with van der Waals surface area (Å²) in [5.41, 5.74) is 3.91. The Hall–Kier alpha value is -2.45. The van der Waals surface area contributed by atoms with Crippen LogP contribution in [0.1, 0.15) is 23.1 Å². The number of aryl methyl sites for hydroxylation is 2. The highest BCUT2D eigenvalue weighted by atomic mass is 35.5. The number of nitrogens with zero attached hydrogens (tertiary/aromatic N) is 1. The molecule has 1 heterocycles. The second kappa shape index (κ2) is 9.58. The highest BCUT2D eigenvalue weighted by Gasteiger charge is 2.17. The van der Waals surface area contributed by atoms with E-state index in [1.807, 2.05) is 25.1 Å². The van der Waals surface area contributed by atoms with E-state index in [0.29, 0.717) is 34.7 Å². The Morgan fingerprint density at radius 3 is 2.53 bits per heavy atom. The van der Waals surface area contributed by atoms with Gasteiger partial charge in [0.2, 0.25) is 10.0 Å². The highest BCUT2D eigenvalue weighted by molar-refractivity contribution is 7.89. The van der Waals surface area contributed by atoms with Gasteiger partial charge < -0.3 is 0 Å². The zero-order chi connectivity index (χ0) is 22.7. The van der Waals surface area contributed by atoms with Gasteiger partial charge in [-0.05, 0) is 55.2 Å². The van der Waals surface area contributed by atoms with Gasteiger partial charge in [0.25, 0.3) is 0 Å². The van der Waals surface area contributed by atoms with Gasteiger partial charge >= 0.3 is 4.87 Å². The fraction of sp³-hybridized carbons (Fsp3) is 0.208. The molecule has 1 N–H and O–H groups in total. The van der Waals surface area contributed by atoms with Gasteiger partial charge in [-0.15, -0.1) is 0 Å². The first kappa shape index (κ1) is 22.7. The number of hydrogen-bond acceptors (Lipinski definition) is 4. The molecule has 0 saturated carbocycles. The largest absolute Gasteiger partial charge is 0.308 e. The minimum absolute atomic E-state index is 0.152. The summed E-state index contributed by atoms with van der Waals surface area (Å²) in [6.07, 6.45) is 1.50. The summed E-state index contributed by atoms with van der Waals surface area (Å²) in [6, 6.07) is 20.4. The molecule has 0 aliphatic carbocycles.